The molecule has 1 saturated heterocycles. The van der Waals surface area contributed by atoms with Crippen LogP contribution in [-0.4, -0.2) is 50.8 Å². The fraction of sp³-hybridized carbons (Fsp3) is 1.00. The molecule has 0 amide bonds. The largest absolute Gasteiger partial charge is 0.380 e. The van der Waals surface area contributed by atoms with E-state index in [0.717, 1.165) is 38.8 Å². The molecule has 0 bridgehead atoms. The van der Waals surface area contributed by atoms with Crippen LogP contribution >= 0.6 is 0 Å². The summed E-state index contributed by atoms with van der Waals surface area (Å²) >= 11 is 0. The van der Waals surface area contributed by atoms with Gasteiger partial charge in [0.2, 0.25) is 0 Å². The van der Waals surface area contributed by atoms with Crippen LogP contribution in [0.15, 0.2) is 0 Å². The molecule has 1 rings (SSSR count). The van der Waals surface area contributed by atoms with Gasteiger partial charge in [0, 0.05) is 13.2 Å². The monoisotopic (exact) mass is 214 g/mol. The van der Waals surface area contributed by atoms with Gasteiger partial charge < -0.3 is 15.0 Å². The highest BCUT2D eigenvalue weighted by atomic mass is 16.5. The Labute approximate surface area is 94.2 Å². The first-order chi connectivity index (χ1) is 7.36. The molecule has 0 spiro atoms. The maximum atomic E-state index is 5.66. The van der Waals surface area contributed by atoms with Gasteiger partial charge in [-0.3, -0.25) is 0 Å². The number of ether oxygens (including phenoxy) is 1. The normalized spacial score (nSPS) is 21.4. The number of nitrogens with zero attached hydrogens (tertiary/aromatic N) is 1. The smallest absolute Gasteiger partial charge is 0.0593 e. The topological polar surface area (TPSA) is 24.5 Å². The lowest BCUT2D eigenvalue weighted by Crippen LogP contribution is -2.27. The Hall–Kier alpha value is -0.120. The van der Waals surface area contributed by atoms with Gasteiger partial charge in [-0.05, 0) is 44.9 Å². The van der Waals surface area contributed by atoms with Gasteiger partial charge in [-0.25, -0.2) is 0 Å². The predicted molar refractivity (Wildman–Crippen MR) is 64.2 cm³/mol. The lowest BCUT2D eigenvalue weighted by Gasteiger charge is -2.17. The lowest BCUT2D eigenvalue weighted by molar-refractivity contribution is 0.0978. The van der Waals surface area contributed by atoms with Gasteiger partial charge in [0.15, 0.2) is 0 Å². The van der Waals surface area contributed by atoms with Gasteiger partial charge in [0.05, 0.1) is 6.61 Å². The summed E-state index contributed by atoms with van der Waals surface area (Å²) in [5.41, 5.74) is 0. The minimum Gasteiger partial charge on any atom is -0.380 e. The van der Waals surface area contributed by atoms with E-state index in [0.29, 0.717) is 0 Å². The molecule has 0 radical (unpaired) electrons. The van der Waals surface area contributed by atoms with Gasteiger partial charge in [-0.2, -0.15) is 0 Å². The Balaban J connectivity index is 1.87. The summed E-state index contributed by atoms with van der Waals surface area (Å²) in [4.78, 5) is 2.40. The summed E-state index contributed by atoms with van der Waals surface area (Å²) in [6.07, 6.45) is 2.56. The van der Waals surface area contributed by atoms with E-state index in [1.807, 2.05) is 0 Å². The first-order valence-electron chi connectivity index (χ1n) is 6.37. The van der Waals surface area contributed by atoms with Crippen LogP contribution in [0, 0.1) is 5.92 Å². The van der Waals surface area contributed by atoms with Crippen LogP contribution in [0.25, 0.3) is 0 Å². The molecule has 0 aromatic carbocycles. The number of nitrogens with one attached hydrogen (secondary N) is 1. The van der Waals surface area contributed by atoms with Crippen LogP contribution in [0.3, 0.4) is 0 Å². The molecule has 1 heterocycles. The Morgan fingerprint density at radius 3 is 2.67 bits per heavy atom. The molecule has 0 saturated carbocycles. The van der Waals surface area contributed by atoms with Crippen molar-refractivity contribution in [2.45, 2.75) is 26.7 Å². The summed E-state index contributed by atoms with van der Waals surface area (Å²) < 4.78 is 5.66. The van der Waals surface area contributed by atoms with E-state index >= 15 is 0 Å². The average molecular weight is 214 g/mol. The quantitative estimate of drug-likeness (QED) is 0.617. The van der Waals surface area contributed by atoms with Crippen LogP contribution in [0.5, 0.6) is 0 Å². The Bertz CT molecular complexity index is 139. The number of hydrogen-bond acceptors (Lipinski definition) is 3. The van der Waals surface area contributed by atoms with Gasteiger partial charge >= 0.3 is 0 Å². The third-order valence-electron chi connectivity index (χ3n) is 3.28. The fourth-order valence-electron chi connectivity index (χ4n) is 2.05. The van der Waals surface area contributed by atoms with Crippen molar-refractivity contribution in [2.75, 3.05) is 45.9 Å². The molecular weight excluding hydrogens is 188 g/mol. The summed E-state index contributed by atoms with van der Waals surface area (Å²) in [6.45, 7) is 12.0. The van der Waals surface area contributed by atoms with E-state index in [1.54, 1.807) is 0 Å². The van der Waals surface area contributed by atoms with Gasteiger partial charge in [0.25, 0.3) is 0 Å². The molecular formula is C12H26N2O. The van der Waals surface area contributed by atoms with E-state index in [1.165, 1.54) is 25.9 Å². The van der Waals surface area contributed by atoms with Crippen molar-refractivity contribution in [2.24, 2.45) is 5.92 Å². The highest BCUT2D eigenvalue weighted by molar-refractivity contribution is 4.70. The fourth-order valence-corrected chi connectivity index (χ4v) is 2.05. The molecule has 3 heteroatoms. The molecule has 1 aliphatic heterocycles. The van der Waals surface area contributed by atoms with Crippen molar-refractivity contribution in [1.29, 1.82) is 0 Å². The van der Waals surface area contributed by atoms with Crippen LogP contribution in [0.2, 0.25) is 0 Å². The van der Waals surface area contributed by atoms with Crippen LogP contribution in [0.4, 0.5) is 0 Å². The summed E-state index contributed by atoms with van der Waals surface area (Å²) in [5.74, 6) is 0.860. The molecule has 0 aromatic heterocycles. The molecule has 1 aliphatic rings. The third-order valence-corrected chi connectivity index (χ3v) is 3.28. The van der Waals surface area contributed by atoms with Gasteiger partial charge in [-0.1, -0.05) is 13.8 Å². The minimum absolute atomic E-state index is 0.860. The molecule has 15 heavy (non-hydrogen) atoms. The molecule has 1 N–H and O–H groups in total. The molecule has 90 valence electrons. The molecule has 1 fully saturated rings. The second-order valence-electron chi connectivity index (χ2n) is 4.29. The lowest BCUT2D eigenvalue weighted by atomic mass is 10.1. The minimum atomic E-state index is 0.860. The standard InChI is InChI=1S/C12H26N2O/c1-3-14(4-2)8-10-15-9-6-12-5-7-13-11-12/h12-13H,3-11H2,1-2H3. The number of likely N-dealkylation sites (N-methyl/N-ethyl adjacent to an activating group) is 1. The Morgan fingerprint density at radius 2 is 2.07 bits per heavy atom. The Morgan fingerprint density at radius 1 is 1.27 bits per heavy atom. The number of hydrogen-bond donors (Lipinski definition) is 1. The third kappa shape index (κ3) is 5.50. The molecule has 0 aromatic rings. The maximum absolute atomic E-state index is 5.66. The first kappa shape index (κ1) is 12.9. The van der Waals surface area contributed by atoms with Crippen LogP contribution in [0.1, 0.15) is 26.7 Å². The molecule has 3 nitrogen and oxygen atoms in total. The number of rotatable bonds is 8. The SMILES string of the molecule is CCN(CC)CCOCCC1CCNC1. The first-order valence-corrected chi connectivity index (χ1v) is 6.37. The van der Waals surface area contributed by atoms with Crippen molar-refractivity contribution in [1.82, 2.24) is 10.2 Å². The highest BCUT2D eigenvalue weighted by Crippen LogP contribution is 2.11. The zero-order valence-electron chi connectivity index (χ0n) is 10.3. The zero-order valence-corrected chi connectivity index (χ0v) is 10.3. The van der Waals surface area contributed by atoms with Crippen LogP contribution in [-0.2, 0) is 4.74 Å². The average Bonchev–Trinajstić information content (AvgIpc) is 2.76. The molecule has 1 unspecified atom stereocenters. The van der Waals surface area contributed by atoms with Gasteiger partial charge in [-0.15, -0.1) is 0 Å². The second kappa shape index (κ2) is 8.08. The summed E-state index contributed by atoms with van der Waals surface area (Å²) in [5, 5.41) is 3.39. The summed E-state index contributed by atoms with van der Waals surface area (Å²) in [6, 6.07) is 0. The summed E-state index contributed by atoms with van der Waals surface area (Å²) in [7, 11) is 0. The molecule has 0 aliphatic carbocycles. The van der Waals surface area contributed by atoms with Crippen molar-refractivity contribution in [3.8, 4) is 0 Å². The predicted octanol–water partition coefficient (Wildman–Crippen LogP) is 1.34. The van der Waals surface area contributed by atoms with Crippen molar-refractivity contribution in [3.05, 3.63) is 0 Å². The van der Waals surface area contributed by atoms with E-state index < -0.39 is 0 Å². The zero-order chi connectivity index (χ0) is 10.9. The van der Waals surface area contributed by atoms with Crippen molar-refractivity contribution >= 4 is 0 Å². The van der Waals surface area contributed by atoms with E-state index in [9.17, 15) is 0 Å². The van der Waals surface area contributed by atoms with E-state index in [-0.39, 0.29) is 0 Å². The van der Waals surface area contributed by atoms with Gasteiger partial charge in [0.1, 0.15) is 0 Å². The second-order valence-corrected chi connectivity index (χ2v) is 4.29. The van der Waals surface area contributed by atoms with Crippen LogP contribution < -0.4 is 5.32 Å². The maximum Gasteiger partial charge on any atom is 0.0593 e. The van der Waals surface area contributed by atoms with E-state index in [2.05, 4.69) is 24.1 Å². The highest BCUT2D eigenvalue weighted by Gasteiger charge is 2.13. The Kier molecular flexibility index (Phi) is 6.98. The van der Waals surface area contributed by atoms with E-state index in [4.69, 9.17) is 4.74 Å². The molecule has 1 atom stereocenters. The van der Waals surface area contributed by atoms with Crippen molar-refractivity contribution < 1.29 is 4.74 Å². The van der Waals surface area contributed by atoms with Crippen molar-refractivity contribution in [3.63, 3.8) is 0 Å².